The van der Waals surface area contributed by atoms with Crippen LogP contribution in [0.5, 0.6) is 0 Å². The predicted molar refractivity (Wildman–Crippen MR) is 91.1 cm³/mol. The molecule has 2 amide bonds. The molecule has 0 spiro atoms. The van der Waals surface area contributed by atoms with Crippen LogP contribution in [0.2, 0.25) is 0 Å². The van der Waals surface area contributed by atoms with Gasteiger partial charge in [0.25, 0.3) is 5.95 Å². The minimum absolute atomic E-state index is 0.0997. The monoisotopic (exact) mass is 342 g/mol. The van der Waals surface area contributed by atoms with Crippen molar-refractivity contribution >= 4 is 35.0 Å². The lowest BCUT2D eigenvalue weighted by Gasteiger charge is -2.01. The minimum Gasteiger partial charge on any atom is -0.295 e. The molecule has 8 nitrogen and oxygen atoms in total. The van der Waals surface area contributed by atoms with Gasteiger partial charge in [0, 0.05) is 24.8 Å². The van der Waals surface area contributed by atoms with Crippen molar-refractivity contribution in [1.82, 2.24) is 19.7 Å². The van der Waals surface area contributed by atoms with Crippen LogP contribution in [0.1, 0.15) is 13.8 Å². The topological polar surface area (TPSA) is 102 Å². The van der Waals surface area contributed by atoms with E-state index < -0.39 is 0 Å². The highest BCUT2D eigenvalue weighted by Crippen LogP contribution is 2.25. The second-order valence-electron chi connectivity index (χ2n) is 4.91. The Morgan fingerprint density at radius 2 is 1.75 bits per heavy atom. The Bertz CT molecular complexity index is 887. The van der Waals surface area contributed by atoms with Gasteiger partial charge in [-0.1, -0.05) is 30.3 Å². The Morgan fingerprint density at radius 1 is 1.04 bits per heavy atom. The third kappa shape index (κ3) is 3.46. The number of aromatic nitrogens is 4. The van der Waals surface area contributed by atoms with Crippen LogP contribution in [0.4, 0.5) is 11.9 Å². The number of nitrogens with one attached hydrogen (secondary N) is 2. The minimum atomic E-state index is -0.300. The van der Waals surface area contributed by atoms with Gasteiger partial charge in [0.1, 0.15) is 0 Å². The van der Waals surface area contributed by atoms with Gasteiger partial charge in [-0.2, -0.15) is 9.67 Å². The first kappa shape index (κ1) is 15.8. The molecule has 0 radical (unpaired) electrons. The van der Waals surface area contributed by atoms with E-state index in [1.54, 1.807) is 0 Å². The van der Waals surface area contributed by atoms with Crippen LogP contribution in [0.15, 0.2) is 35.7 Å². The SMILES string of the molecule is CC(=O)Nc1nc(NC(C)=O)n(-c2nc(-c3ccccc3)cs2)n1. The first-order chi connectivity index (χ1) is 11.5. The molecule has 0 saturated heterocycles. The first-order valence-electron chi connectivity index (χ1n) is 7.06. The maximum absolute atomic E-state index is 11.4. The summed E-state index contributed by atoms with van der Waals surface area (Å²) in [5, 5.41) is 11.7. The van der Waals surface area contributed by atoms with E-state index in [1.165, 1.54) is 29.9 Å². The summed E-state index contributed by atoms with van der Waals surface area (Å²) in [5.74, 6) is -0.300. The molecule has 0 aliphatic rings. The molecule has 0 aliphatic carbocycles. The van der Waals surface area contributed by atoms with E-state index in [9.17, 15) is 9.59 Å². The first-order valence-corrected chi connectivity index (χ1v) is 7.94. The van der Waals surface area contributed by atoms with Crippen molar-refractivity contribution in [1.29, 1.82) is 0 Å². The Kier molecular flexibility index (Phi) is 4.34. The van der Waals surface area contributed by atoms with Gasteiger partial charge in [0.05, 0.1) is 5.69 Å². The van der Waals surface area contributed by atoms with E-state index in [4.69, 9.17) is 0 Å². The van der Waals surface area contributed by atoms with Crippen LogP contribution in [0.3, 0.4) is 0 Å². The summed E-state index contributed by atoms with van der Waals surface area (Å²) in [5.41, 5.74) is 1.77. The molecule has 1 aromatic carbocycles. The number of rotatable bonds is 4. The fourth-order valence-corrected chi connectivity index (χ4v) is 2.78. The van der Waals surface area contributed by atoms with Crippen molar-refractivity contribution in [3.8, 4) is 16.4 Å². The van der Waals surface area contributed by atoms with Gasteiger partial charge >= 0.3 is 0 Å². The summed E-state index contributed by atoms with van der Waals surface area (Å²) in [7, 11) is 0. The molecule has 0 fully saturated rings. The average Bonchev–Trinajstić information content (AvgIpc) is 3.14. The largest absolute Gasteiger partial charge is 0.295 e. The van der Waals surface area contributed by atoms with Crippen molar-refractivity contribution in [2.45, 2.75) is 13.8 Å². The van der Waals surface area contributed by atoms with Crippen LogP contribution in [-0.4, -0.2) is 31.6 Å². The lowest BCUT2D eigenvalue weighted by Crippen LogP contribution is -2.11. The molecule has 0 bridgehead atoms. The number of carbonyl (C=O) groups excluding carboxylic acids is 2. The van der Waals surface area contributed by atoms with Crippen molar-refractivity contribution in [2.24, 2.45) is 0 Å². The average molecular weight is 342 g/mol. The molecule has 0 atom stereocenters. The number of anilines is 2. The molecule has 2 heterocycles. The summed E-state index contributed by atoms with van der Waals surface area (Å²) in [6, 6.07) is 9.71. The quantitative estimate of drug-likeness (QED) is 0.757. The zero-order valence-corrected chi connectivity index (χ0v) is 13.8. The standard InChI is InChI=1S/C15H14N6O2S/c1-9(22)16-13-19-14(17-10(2)23)21(20-13)15-18-12(8-24-15)11-6-4-3-5-7-11/h3-8H,1-2H3,(H2,16,17,19,20,22,23). The molecule has 24 heavy (non-hydrogen) atoms. The van der Waals surface area contributed by atoms with Crippen molar-refractivity contribution in [3.63, 3.8) is 0 Å². The molecule has 9 heteroatoms. The number of carbonyl (C=O) groups is 2. The smallest absolute Gasteiger partial charge is 0.251 e. The van der Waals surface area contributed by atoms with Crippen LogP contribution in [-0.2, 0) is 9.59 Å². The number of hydrogen-bond donors (Lipinski definition) is 2. The molecule has 0 unspecified atom stereocenters. The van der Waals surface area contributed by atoms with Gasteiger partial charge in [0.2, 0.25) is 22.9 Å². The summed E-state index contributed by atoms with van der Waals surface area (Å²) in [4.78, 5) is 31.2. The van der Waals surface area contributed by atoms with E-state index >= 15 is 0 Å². The molecular formula is C15H14N6O2S. The van der Waals surface area contributed by atoms with E-state index in [0.717, 1.165) is 11.3 Å². The molecule has 2 aromatic heterocycles. The molecule has 122 valence electrons. The number of thiazole rings is 1. The van der Waals surface area contributed by atoms with Crippen LogP contribution >= 0.6 is 11.3 Å². The van der Waals surface area contributed by atoms with E-state index in [-0.39, 0.29) is 23.7 Å². The summed E-state index contributed by atoms with van der Waals surface area (Å²) >= 11 is 1.36. The molecule has 0 aliphatic heterocycles. The van der Waals surface area contributed by atoms with Gasteiger partial charge in [0.15, 0.2) is 0 Å². The van der Waals surface area contributed by atoms with E-state index in [2.05, 4.69) is 25.7 Å². The van der Waals surface area contributed by atoms with E-state index in [0.29, 0.717) is 5.13 Å². The fourth-order valence-electron chi connectivity index (χ4n) is 2.00. The van der Waals surface area contributed by atoms with Crippen molar-refractivity contribution < 1.29 is 9.59 Å². The Hall–Kier alpha value is -3.07. The fraction of sp³-hybridized carbons (Fsp3) is 0.133. The van der Waals surface area contributed by atoms with Gasteiger partial charge in [-0.15, -0.1) is 16.4 Å². The Balaban J connectivity index is 1.98. The molecule has 0 saturated carbocycles. The van der Waals surface area contributed by atoms with E-state index in [1.807, 2.05) is 35.7 Å². The lowest BCUT2D eigenvalue weighted by molar-refractivity contribution is -0.115. The normalized spacial score (nSPS) is 10.4. The maximum atomic E-state index is 11.4. The maximum Gasteiger partial charge on any atom is 0.251 e. The summed E-state index contributed by atoms with van der Waals surface area (Å²) in [6.07, 6.45) is 0. The number of benzene rings is 1. The van der Waals surface area contributed by atoms with Gasteiger partial charge in [-0.05, 0) is 0 Å². The highest BCUT2D eigenvalue weighted by Gasteiger charge is 2.16. The van der Waals surface area contributed by atoms with Crippen molar-refractivity contribution in [2.75, 3.05) is 10.6 Å². The molecule has 3 rings (SSSR count). The van der Waals surface area contributed by atoms with Crippen LogP contribution < -0.4 is 10.6 Å². The lowest BCUT2D eigenvalue weighted by atomic mass is 10.2. The second kappa shape index (κ2) is 6.59. The van der Waals surface area contributed by atoms with Gasteiger partial charge in [-0.25, -0.2) is 4.98 Å². The Morgan fingerprint density at radius 3 is 2.42 bits per heavy atom. The number of hydrogen-bond acceptors (Lipinski definition) is 6. The number of nitrogens with zero attached hydrogens (tertiary/aromatic N) is 4. The van der Waals surface area contributed by atoms with Crippen LogP contribution in [0, 0.1) is 0 Å². The zero-order valence-electron chi connectivity index (χ0n) is 13.0. The summed E-state index contributed by atoms with van der Waals surface area (Å²) < 4.78 is 1.39. The van der Waals surface area contributed by atoms with Crippen LogP contribution in [0.25, 0.3) is 16.4 Å². The van der Waals surface area contributed by atoms with Gasteiger partial charge < -0.3 is 0 Å². The zero-order chi connectivity index (χ0) is 17.1. The third-order valence-electron chi connectivity index (χ3n) is 2.93. The molecule has 2 N–H and O–H groups in total. The second-order valence-corrected chi connectivity index (χ2v) is 5.75. The highest BCUT2D eigenvalue weighted by atomic mass is 32.1. The number of amides is 2. The highest BCUT2D eigenvalue weighted by molar-refractivity contribution is 7.12. The Labute approximate surface area is 141 Å². The van der Waals surface area contributed by atoms with Crippen molar-refractivity contribution in [3.05, 3.63) is 35.7 Å². The predicted octanol–water partition coefficient (Wildman–Crippen LogP) is 2.31. The molecule has 3 aromatic rings. The summed E-state index contributed by atoms with van der Waals surface area (Å²) in [6.45, 7) is 2.73. The molecular weight excluding hydrogens is 328 g/mol. The van der Waals surface area contributed by atoms with Gasteiger partial charge in [-0.3, -0.25) is 20.2 Å². The third-order valence-corrected chi connectivity index (χ3v) is 3.74.